The van der Waals surface area contributed by atoms with E-state index in [1.54, 1.807) is 0 Å². The zero-order chi connectivity index (χ0) is 14.6. The van der Waals surface area contributed by atoms with E-state index in [9.17, 15) is 4.79 Å². The molecule has 112 valence electrons. The Kier molecular flexibility index (Phi) is 5.84. The molecular weight excluding hydrogens is 238 g/mol. The molecule has 0 aromatic carbocycles. The lowest BCUT2D eigenvalue weighted by molar-refractivity contribution is -0.156. The Morgan fingerprint density at radius 1 is 1.37 bits per heavy atom. The Balaban J connectivity index is 2.49. The van der Waals surface area contributed by atoms with Gasteiger partial charge in [-0.25, -0.2) is 0 Å². The number of hydrogen-bond donors (Lipinski definition) is 1. The van der Waals surface area contributed by atoms with E-state index in [2.05, 4.69) is 20.8 Å². The molecule has 1 aliphatic rings. The van der Waals surface area contributed by atoms with Crippen LogP contribution < -0.4 is 5.73 Å². The van der Waals surface area contributed by atoms with Crippen LogP contribution in [0.4, 0.5) is 0 Å². The van der Waals surface area contributed by atoms with Gasteiger partial charge >= 0.3 is 5.97 Å². The van der Waals surface area contributed by atoms with Gasteiger partial charge in [0.25, 0.3) is 0 Å². The van der Waals surface area contributed by atoms with Crippen LogP contribution in [-0.2, 0) is 9.53 Å². The SMILES string of the molecule is CC1CCC(C(C)C)C(OC(=O)CCC(C)(C)N)C1. The summed E-state index contributed by atoms with van der Waals surface area (Å²) in [7, 11) is 0. The molecule has 3 nitrogen and oxygen atoms in total. The first-order valence-corrected chi connectivity index (χ1v) is 7.67. The molecule has 0 bridgehead atoms. The number of hydrogen-bond acceptors (Lipinski definition) is 3. The molecule has 1 saturated carbocycles. The van der Waals surface area contributed by atoms with Crippen molar-refractivity contribution in [1.29, 1.82) is 0 Å². The fraction of sp³-hybridized carbons (Fsp3) is 0.938. The highest BCUT2D eigenvalue weighted by molar-refractivity contribution is 5.69. The molecule has 0 aromatic rings. The first-order valence-electron chi connectivity index (χ1n) is 7.67. The number of ether oxygens (including phenoxy) is 1. The van der Waals surface area contributed by atoms with Crippen molar-refractivity contribution < 1.29 is 9.53 Å². The zero-order valence-corrected chi connectivity index (χ0v) is 13.2. The van der Waals surface area contributed by atoms with E-state index in [0.717, 1.165) is 6.42 Å². The van der Waals surface area contributed by atoms with Crippen molar-refractivity contribution in [3.8, 4) is 0 Å². The van der Waals surface area contributed by atoms with Gasteiger partial charge in [-0.1, -0.05) is 27.2 Å². The second-order valence-electron chi connectivity index (χ2n) is 7.34. The fourth-order valence-corrected chi connectivity index (χ4v) is 2.90. The van der Waals surface area contributed by atoms with E-state index >= 15 is 0 Å². The highest BCUT2D eigenvalue weighted by Crippen LogP contribution is 2.35. The maximum absolute atomic E-state index is 12.0. The first-order chi connectivity index (χ1) is 8.69. The van der Waals surface area contributed by atoms with Crippen molar-refractivity contribution in [3.63, 3.8) is 0 Å². The van der Waals surface area contributed by atoms with Crippen molar-refractivity contribution in [2.75, 3.05) is 0 Å². The van der Waals surface area contributed by atoms with Crippen LogP contribution in [0.15, 0.2) is 0 Å². The van der Waals surface area contributed by atoms with Crippen LogP contribution >= 0.6 is 0 Å². The Bertz CT molecular complexity index is 294. The Labute approximate surface area is 118 Å². The fourth-order valence-electron chi connectivity index (χ4n) is 2.90. The predicted octanol–water partition coefficient (Wildman–Crippen LogP) is 3.51. The number of rotatable bonds is 5. The summed E-state index contributed by atoms with van der Waals surface area (Å²) in [4.78, 5) is 12.0. The van der Waals surface area contributed by atoms with Crippen LogP contribution in [0.1, 0.15) is 66.7 Å². The normalized spacial score (nSPS) is 28.5. The number of carbonyl (C=O) groups excluding carboxylic acids is 1. The van der Waals surface area contributed by atoms with Gasteiger partial charge in [-0.2, -0.15) is 0 Å². The minimum atomic E-state index is -0.295. The minimum Gasteiger partial charge on any atom is -0.462 e. The van der Waals surface area contributed by atoms with E-state index in [1.165, 1.54) is 12.8 Å². The third-order valence-electron chi connectivity index (χ3n) is 4.22. The van der Waals surface area contributed by atoms with E-state index < -0.39 is 0 Å². The van der Waals surface area contributed by atoms with Crippen LogP contribution in [0, 0.1) is 17.8 Å². The van der Waals surface area contributed by atoms with E-state index in [4.69, 9.17) is 10.5 Å². The van der Waals surface area contributed by atoms with Crippen molar-refractivity contribution in [2.45, 2.75) is 78.4 Å². The average Bonchev–Trinajstić information content (AvgIpc) is 2.25. The van der Waals surface area contributed by atoms with E-state index in [0.29, 0.717) is 30.6 Å². The van der Waals surface area contributed by atoms with Crippen molar-refractivity contribution in [2.24, 2.45) is 23.5 Å². The summed E-state index contributed by atoms with van der Waals surface area (Å²) >= 11 is 0. The Morgan fingerprint density at radius 3 is 2.53 bits per heavy atom. The summed E-state index contributed by atoms with van der Waals surface area (Å²) in [5, 5.41) is 0. The van der Waals surface area contributed by atoms with Crippen LogP contribution in [0.2, 0.25) is 0 Å². The predicted molar refractivity (Wildman–Crippen MR) is 78.7 cm³/mol. The highest BCUT2D eigenvalue weighted by atomic mass is 16.5. The second kappa shape index (κ2) is 6.74. The molecule has 0 amide bonds. The molecule has 3 unspecified atom stereocenters. The standard InChI is InChI=1S/C16H31NO2/c1-11(2)13-7-6-12(3)10-14(13)19-15(18)8-9-16(4,5)17/h11-14H,6-10,17H2,1-5H3. The highest BCUT2D eigenvalue weighted by Gasteiger charge is 2.33. The molecule has 0 spiro atoms. The van der Waals surface area contributed by atoms with Crippen molar-refractivity contribution in [3.05, 3.63) is 0 Å². The molecule has 3 atom stereocenters. The molecule has 1 rings (SSSR count). The number of esters is 1. The summed E-state index contributed by atoms with van der Waals surface area (Å²) in [5.41, 5.74) is 5.61. The monoisotopic (exact) mass is 269 g/mol. The lowest BCUT2D eigenvalue weighted by Gasteiger charge is -2.36. The van der Waals surface area contributed by atoms with Gasteiger partial charge in [0, 0.05) is 12.0 Å². The maximum atomic E-state index is 12.0. The van der Waals surface area contributed by atoms with Gasteiger partial charge < -0.3 is 10.5 Å². The quantitative estimate of drug-likeness (QED) is 0.777. The van der Waals surface area contributed by atoms with Crippen molar-refractivity contribution >= 4 is 5.97 Å². The summed E-state index contributed by atoms with van der Waals surface area (Å²) in [6, 6.07) is 0. The molecule has 0 aliphatic heterocycles. The third kappa shape index (κ3) is 5.94. The molecule has 3 heteroatoms. The van der Waals surface area contributed by atoms with Gasteiger partial charge in [-0.15, -0.1) is 0 Å². The summed E-state index contributed by atoms with van der Waals surface area (Å²) in [6.45, 7) is 10.6. The van der Waals surface area contributed by atoms with Gasteiger partial charge in [0.15, 0.2) is 0 Å². The molecule has 0 radical (unpaired) electrons. The topological polar surface area (TPSA) is 52.3 Å². The molecular formula is C16H31NO2. The smallest absolute Gasteiger partial charge is 0.306 e. The molecule has 1 aliphatic carbocycles. The molecule has 19 heavy (non-hydrogen) atoms. The van der Waals surface area contributed by atoms with Crippen LogP contribution in [-0.4, -0.2) is 17.6 Å². The van der Waals surface area contributed by atoms with Gasteiger partial charge in [0.1, 0.15) is 6.10 Å². The van der Waals surface area contributed by atoms with Gasteiger partial charge in [0.05, 0.1) is 0 Å². The van der Waals surface area contributed by atoms with Crippen LogP contribution in [0.5, 0.6) is 0 Å². The largest absolute Gasteiger partial charge is 0.462 e. The molecule has 1 fully saturated rings. The van der Waals surface area contributed by atoms with Gasteiger partial charge in [-0.3, -0.25) is 4.79 Å². The first kappa shape index (κ1) is 16.5. The minimum absolute atomic E-state index is 0.0803. The van der Waals surface area contributed by atoms with Crippen molar-refractivity contribution in [1.82, 2.24) is 0 Å². The molecule has 0 saturated heterocycles. The average molecular weight is 269 g/mol. The Hall–Kier alpha value is -0.570. The summed E-state index contributed by atoms with van der Waals surface area (Å²) < 4.78 is 5.74. The lowest BCUT2D eigenvalue weighted by Crippen LogP contribution is -2.37. The molecule has 2 N–H and O–H groups in total. The van der Waals surface area contributed by atoms with Gasteiger partial charge in [0.2, 0.25) is 0 Å². The summed E-state index contributed by atoms with van der Waals surface area (Å²) in [6.07, 6.45) is 4.67. The van der Waals surface area contributed by atoms with Gasteiger partial charge in [-0.05, 0) is 50.9 Å². The second-order valence-corrected chi connectivity index (χ2v) is 7.34. The van der Waals surface area contributed by atoms with E-state index in [1.807, 2.05) is 13.8 Å². The van der Waals surface area contributed by atoms with E-state index in [-0.39, 0.29) is 17.6 Å². The molecule has 0 heterocycles. The maximum Gasteiger partial charge on any atom is 0.306 e. The number of carbonyl (C=O) groups is 1. The zero-order valence-electron chi connectivity index (χ0n) is 13.2. The Morgan fingerprint density at radius 2 is 2.00 bits per heavy atom. The van der Waals surface area contributed by atoms with Crippen LogP contribution in [0.25, 0.3) is 0 Å². The van der Waals surface area contributed by atoms with Crippen LogP contribution in [0.3, 0.4) is 0 Å². The molecule has 0 aromatic heterocycles. The lowest BCUT2D eigenvalue weighted by atomic mass is 9.75. The number of nitrogens with two attached hydrogens (primary N) is 1. The third-order valence-corrected chi connectivity index (χ3v) is 4.22. The summed E-state index contributed by atoms with van der Waals surface area (Å²) in [5.74, 6) is 1.68.